The standard InChI is InChI=1S/C21H18FN5O2/c1-2-27-18-7-6-15(22)11-17(18)20(28)19(25-27)21(29)24-16-5-3-4-14(10-16)12-26-9-8-23-13-26/h3-11,13H,2,12H2,1H3,(H,24,29). The fourth-order valence-electron chi connectivity index (χ4n) is 3.18. The second-order valence-electron chi connectivity index (χ2n) is 6.54. The van der Waals surface area contributed by atoms with Gasteiger partial charge in [-0.2, -0.15) is 5.10 Å². The zero-order valence-electron chi connectivity index (χ0n) is 15.7. The molecule has 146 valence electrons. The number of halogens is 1. The number of nitrogens with zero attached hydrogens (tertiary/aromatic N) is 4. The molecule has 0 aliphatic heterocycles. The van der Waals surface area contributed by atoms with Gasteiger partial charge in [-0.05, 0) is 42.8 Å². The lowest BCUT2D eigenvalue weighted by atomic mass is 10.1. The third-order valence-corrected chi connectivity index (χ3v) is 4.54. The molecule has 2 heterocycles. The predicted molar refractivity (Wildman–Crippen MR) is 107 cm³/mol. The number of anilines is 1. The second kappa shape index (κ2) is 7.67. The average Bonchev–Trinajstić information content (AvgIpc) is 3.22. The van der Waals surface area contributed by atoms with Crippen LogP contribution < -0.4 is 10.7 Å². The Morgan fingerprint density at radius 1 is 1.21 bits per heavy atom. The van der Waals surface area contributed by atoms with Gasteiger partial charge in [-0.25, -0.2) is 9.37 Å². The third-order valence-electron chi connectivity index (χ3n) is 4.54. The molecule has 4 rings (SSSR count). The number of benzene rings is 2. The highest BCUT2D eigenvalue weighted by Gasteiger charge is 2.18. The fraction of sp³-hybridized carbons (Fsp3) is 0.143. The van der Waals surface area contributed by atoms with Gasteiger partial charge in [0.05, 0.1) is 17.2 Å². The SMILES string of the molecule is CCn1nc(C(=O)Nc2cccc(Cn3ccnc3)c2)c(=O)c2cc(F)ccc21. The lowest BCUT2D eigenvalue weighted by molar-refractivity contribution is 0.101. The van der Waals surface area contributed by atoms with Gasteiger partial charge >= 0.3 is 0 Å². The highest BCUT2D eigenvalue weighted by Crippen LogP contribution is 2.15. The minimum absolute atomic E-state index is 0.126. The number of hydrogen-bond acceptors (Lipinski definition) is 4. The first-order chi connectivity index (χ1) is 14.0. The fourth-order valence-corrected chi connectivity index (χ4v) is 3.18. The minimum Gasteiger partial charge on any atom is -0.333 e. The summed E-state index contributed by atoms with van der Waals surface area (Å²) in [6, 6.07) is 11.2. The molecule has 8 heteroatoms. The molecule has 4 aromatic rings. The summed E-state index contributed by atoms with van der Waals surface area (Å²) in [6.45, 7) is 2.87. The molecule has 0 bridgehead atoms. The van der Waals surface area contributed by atoms with Crippen molar-refractivity contribution in [2.45, 2.75) is 20.0 Å². The quantitative estimate of drug-likeness (QED) is 0.567. The number of rotatable bonds is 5. The van der Waals surface area contributed by atoms with Crippen LogP contribution in [0.5, 0.6) is 0 Å². The largest absolute Gasteiger partial charge is 0.333 e. The van der Waals surface area contributed by atoms with Crippen LogP contribution >= 0.6 is 0 Å². The van der Waals surface area contributed by atoms with Gasteiger partial charge in [0.25, 0.3) is 5.91 Å². The zero-order valence-corrected chi connectivity index (χ0v) is 15.7. The third kappa shape index (κ3) is 3.77. The van der Waals surface area contributed by atoms with Crippen LogP contribution in [0, 0.1) is 5.82 Å². The molecule has 1 N–H and O–H groups in total. The summed E-state index contributed by atoms with van der Waals surface area (Å²) >= 11 is 0. The van der Waals surface area contributed by atoms with E-state index in [-0.39, 0.29) is 11.1 Å². The Hall–Kier alpha value is -3.81. The van der Waals surface area contributed by atoms with Gasteiger partial charge in [-0.3, -0.25) is 14.3 Å². The van der Waals surface area contributed by atoms with E-state index < -0.39 is 17.2 Å². The lowest BCUT2D eigenvalue weighted by Crippen LogP contribution is -2.27. The van der Waals surface area contributed by atoms with E-state index in [4.69, 9.17) is 0 Å². The number of carbonyl (C=O) groups excluding carboxylic acids is 1. The number of carbonyl (C=O) groups is 1. The van der Waals surface area contributed by atoms with Crippen molar-refractivity contribution in [3.8, 4) is 0 Å². The van der Waals surface area contributed by atoms with E-state index in [0.29, 0.717) is 24.3 Å². The molecule has 1 amide bonds. The maximum absolute atomic E-state index is 13.7. The lowest BCUT2D eigenvalue weighted by Gasteiger charge is -2.11. The molecule has 0 fully saturated rings. The van der Waals surface area contributed by atoms with Crippen LogP contribution in [0.1, 0.15) is 23.0 Å². The normalized spacial score (nSPS) is 11.0. The molecule has 0 aliphatic carbocycles. The van der Waals surface area contributed by atoms with E-state index in [2.05, 4.69) is 15.4 Å². The van der Waals surface area contributed by atoms with Crippen LogP contribution in [-0.4, -0.2) is 25.2 Å². The smallest absolute Gasteiger partial charge is 0.280 e. The Morgan fingerprint density at radius 2 is 2.07 bits per heavy atom. The predicted octanol–water partition coefficient (Wildman–Crippen LogP) is 3.05. The van der Waals surface area contributed by atoms with Crippen LogP contribution in [-0.2, 0) is 13.1 Å². The summed E-state index contributed by atoms with van der Waals surface area (Å²) in [5.41, 5.74) is 1.11. The number of fused-ring (bicyclic) bond motifs is 1. The van der Waals surface area contributed by atoms with Gasteiger partial charge in [0.15, 0.2) is 5.69 Å². The van der Waals surface area contributed by atoms with E-state index in [1.54, 1.807) is 18.6 Å². The van der Waals surface area contributed by atoms with Gasteiger partial charge in [-0.15, -0.1) is 0 Å². The van der Waals surface area contributed by atoms with E-state index in [1.807, 2.05) is 35.9 Å². The maximum Gasteiger partial charge on any atom is 0.280 e. The molecular weight excluding hydrogens is 373 g/mol. The van der Waals surface area contributed by atoms with Crippen LogP contribution in [0.2, 0.25) is 0 Å². The van der Waals surface area contributed by atoms with Crippen molar-refractivity contribution in [2.75, 3.05) is 5.32 Å². The Kier molecular flexibility index (Phi) is 4.90. The minimum atomic E-state index is -0.636. The van der Waals surface area contributed by atoms with Gasteiger partial charge in [0.2, 0.25) is 5.43 Å². The molecule has 0 unspecified atom stereocenters. The van der Waals surface area contributed by atoms with E-state index >= 15 is 0 Å². The summed E-state index contributed by atoms with van der Waals surface area (Å²) in [4.78, 5) is 29.5. The van der Waals surface area contributed by atoms with Crippen molar-refractivity contribution in [3.63, 3.8) is 0 Å². The maximum atomic E-state index is 13.7. The van der Waals surface area contributed by atoms with E-state index in [0.717, 1.165) is 11.6 Å². The van der Waals surface area contributed by atoms with Gasteiger partial charge in [0.1, 0.15) is 5.82 Å². The first-order valence-electron chi connectivity index (χ1n) is 9.11. The van der Waals surface area contributed by atoms with Crippen LogP contribution in [0.25, 0.3) is 10.9 Å². The molecule has 0 atom stereocenters. The number of aryl methyl sites for hydroxylation is 1. The van der Waals surface area contributed by atoms with Crippen molar-refractivity contribution in [1.82, 2.24) is 19.3 Å². The van der Waals surface area contributed by atoms with Crippen LogP contribution in [0.4, 0.5) is 10.1 Å². The summed E-state index contributed by atoms with van der Waals surface area (Å²) < 4.78 is 17.1. The van der Waals surface area contributed by atoms with Crippen molar-refractivity contribution in [1.29, 1.82) is 0 Å². The summed E-state index contributed by atoms with van der Waals surface area (Å²) in [7, 11) is 0. The first-order valence-corrected chi connectivity index (χ1v) is 9.11. The summed E-state index contributed by atoms with van der Waals surface area (Å²) in [6.07, 6.45) is 5.24. The van der Waals surface area contributed by atoms with Crippen molar-refractivity contribution < 1.29 is 9.18 Å². The average molecular weight is 391 g/mol. The highest BCUT2D eigenvalue weighted by molar-refractivity contribution is 6.04. The van der Waals surface area contributed by atoms with Crippen LogP contribution in [0.15, 0.2) is 66.0 Å². The number of amides is 1. The Balaban J connectivity index is 1.66. The zero-order chi connectivity index (χ0) is 20.4. The summed E-state index contributed by atoms with van der Waals surface area (Å²) in [5.74, 6) is -1.18. The van der Waals surface area contributed by atoms with Crippen LogP contribution in [0.3, 0.4) is 0 Å². The summed E-state index contributed by atoms with van der Waals surface area (Å²) in [5, 5.41) is 7.03. The first kappa shape index (κ1) is 18.5. The molecule has 0 saturated carbocycles. The Bertz CT molecular complexity index is 1250. The Morgan fingerprint density at radius 3 is 2.83 bits per heavy atom. The molecule has 2 aromatic heterocycles. The molecular formula is C21H18FN5O2. The number of hydrogen-bond donors (Lipinski definition) is 1. The van der Waals surface area contributed by atoms with Gasteiger partial charge in [0, 0.05) is 31.2 Å². The van der Waals surface area contributed by atoms with Gasteiger partial charge < -0.3 is 9.88 Å². The molecule has 7 nitrogen and oxygen atoms in total. The number of nitrogens with one attached hydrogen (secondary N) is 1. The van der Waals surface area contributed by atoms with Crippen molar-refractivity contribution in [2.24, 2.45) is 0 Å². The van der Waals surface area contributed by atoms with Crippen molar-refractivity contribution in [3.05, 3.63) is 88.5 Å². The number of imidazole rings is 1. The van der Waals surface area contributed by atoms with Gasteiger partial charge in [-0.1, -0.05) is 12.1 Å². The molecule has 0 saturated heterocycles. The molecule has 0 aliphatic rings. The Labute approximate surface area is 165 Å². The number of aromatic nitrogens is 4. The topological polar surface area (TPSA) is 81.8 Å². The molecule has 2 aromatic carbocycles. The highest BCUT2D eigenvalue weighted by atomic mass is 19.1. The monoisotopic (exact) mass is 391 g/mol. The second-order valence-corrected chi connectivity index (χ2v) is 6.54. The molecule has 29 heavy (non-hydrogen) atoms. The van der Waals surface area contributed by atoms with E-state index in [9.17, 15) is 14.0 Å². The molecule has 0 spiro atoms. The van der Waals surface area contributed by atoms with Crippen molar-refractivity contribution >= 4 is 22.5 Å². The molecule has 0 radical (unpaired) electrons. The van der Waals surface area contributed by atoms with E-state index in [1.165, 1.54) is 16.8 Å².